The molecule has 33 heavy (non-hydrogen) atoms. The summed E-state index contributed by atoms with van der Waals surface area (Å²) in [5.41, 5.74) is 6.20. The van der Waals surface area contributed by atoms with Crippen molar-refractivity contribution in [2.75, 3.05) is 16.8 Å². The number of hydrogen-bond donors (Lipinski definition) is 1. The summed E-state index contributed by atoms with van der Waals surface area (Å²) >= 11 is 1.64. The standard InChI is InChI=1S/C26H24N4O2S/c1-17-19(12-14-33-17)15-24(31)27-21-9-7-18(8-10-21)26(32)30-13-11-20-16-29(2)28-25(20)22-5-3-4-6-23(22)30/h3-10,12,14,16H,11,13,15H2,1-2H3,(H,27,31). The highest BCUT2D eigenvalue weighted by atomic mass is 32.1. The maximum atomic E-state index is 13.5. The largest absolute Gasteiger partial charge is 0.326 e. The molecule has 6 nitrogen and oxygen atoms in total. The van der Waals surface area contributed by atoms with Crippen LogP contribution in [0.2, 0.25) is 0 Å². The molecular formula is C26H24N4O2S. The highest BCUT2D eigenvalue weighted by Gasteiger charge is 2.26. The first-order chi connectivity index (χ1) is 16.0. The molecule has 0 saturated carbocycles. The fourth-order valence-electron chi connectivity index (χ4n) is 4.24. The molecule has 0 bridgehead atoms. The van der Waals surface area contributed by atoms with Crippen molar-refractivity contribution in [3.05, 3.63) is 87.7 Å². The Kier molecular flexibility index (Phi) is 5.56. The van der Waals surface area contributed by atoms with Crippen molar-refractivity contribution < 1.29 is 9.59 Å². The van der Waals surface area contributed by atoms with E-state index in [0.29, 0.717) is 24.2 Å². The first kappa shape index (κ1) is 21.2. The number of nitrogens with one attached hydrogen (secondary N) is 1. The normalized spacial score (nSPS) is 12.6. The number of aryl methyl sites for hydroxylation is 2. The van der Waals surface area contributed by atoms with Crippen LogP contribution < -0.4 is 10.2 Å². The Balaban J connectivity index is 1.34. The van der Waals surface area contributed by atoms with Crippen molar-refractivity contribution in [1.29, 1.82) is 0 Å². The summed E-state index contributed by atoms with van der Waals surface area (Å²) in [6.45, 7) is 2.59. The van der Waals surface area contributed by atoms with Crippen LogP contribution in [-0.4, -0.2) is 28.1 Å². The van der Waals surface area contributed by atoms with E-state index in [0.717, 1.165) is 39.4 Å². The van der Waals surface area contributed by atoms with Gasteiger partial charge >= 0.3 is 0 Å². The molecule has 166 valence electrons. The topological polar surface area (TPSA) is 67.2 Å². The molecule has 1 aliphatic heterocycles. The lowest BCUT2D eigenvalue weighted by molar-refractivity contribution is -0.115. The van der Waals surface area contributed by atoms with Crippen LogP contribution in [0.1, 0.15) is 26.4 Å². The summed E-state index contributed by atoms with van der Waals surface area (Å²) in [6.07, 6.45) is 3.10. The van der Waals surface area contributed by atoms with Crippen LogP contribution in [-0.2, 0) is 24.7 Å². The highest BCUT2D eigenvalue weighted by Crippen LogP contribution is 2.36. The number of carbonyl (C=O) groups is 2. The Hall–Kier alpha value is -3.71. The van der Waals surface area contributed by atoms with E-state index in [2.05, 4.69) is 10.4 Å². The van der Waals surface area contributed by atoms with Gasteiger partial charge < -0.3 is 10.2 Å². The zero-order valence-electron chi connectivity index (χ0n) is 18.5. The molecule has 0 fully saturated rings. The number of rotatable bonds is 4. The van der Waals surface area contributed by atoms with E-state index >= 15 is 0 Å². The van der Waals surface area contributed by atoms with Gasteiger partial charge in [-0.3, -0.25) is 14.3 Å². The number of nitrogens with zero attached hydrogens (tertiary/aromatic N) is 3. The third-order valence-corrected chi connectivity index (χ3v) is 6.83. The number of aromatic nitrogens is 2. The van der Waals surface area contributed by atoms with E-state index in [1.54, 1.807) is 35.6 Å². The SMILES string of the molecule is Cc1sccc1CC(=O)Nc1ccc(C(=O)N2CCc3cn(C)nc3-c3ccccc32)cc1. The van der Waals surface area contributed by atoms with Crippen molar-refractivity contribution in [3.63, 3.8) is 0 Å². The molecule has 2 aromatic carbocycles. The van der Waals surface area contributed by atoms with E-state index in [-0.39, 0.29) is 11.8 Å². The molecular weight excluding hydrogens is 432 g/mol. The predicted octanol–water partition coefficient (Wildman–Crippen LogP) is 4.84. The smallest absolute Gasteiger partial charge is 0.258 e. The number of para-hydroxylation sites is 1. The van der Waals surface area contributed by atoms with Gasteiger partial charge in [-0.25, -0.2) is 0 Å². The Bertz CT molecular complexity index is 1340. The van der Waals surface area contributed by atoms with E-state index in [1.165, 1.54) is 0 Å². The summed E-state index contributed by atoms with van der Waals surface area (Å²) < 4.78 is 1.83. The second-order valence-electron chi connectivity index (χ2n) is 8.20. The van der Waals surface area contributed by atoms with Crippen molar-refractivity contribution >= 4 is 34.5 Å². The Labute approximate surface area is 196 Å². The first-order valence-corrected chi connectivity index (χ1v) is 11.7. The Morgan fingerprint density at radius 3 is 2.64 bits per heavy atom. The highest BCUT2D eigenvalue weighted by molar-refractivity contribution is 7.10. The molecule has 1 aliphatic rings. The number of fused-ring (bicyclic) bond motifs is 3. The minimum atomic E-state index is -0.0671. The van der Waals surface area contributed by atoms with Crippen LogP contribution in [0.5, 0.6) is 0 Å². The fraction of sp³-hybridized carbons (Fsp3) is 0.192. The summed E-state index contributed by atoms with van der Waals surface area (Å²) in [6, 6.07) is 17.0. The van der Waals surface area contributed by atoms with E-state index in [4.69, 9.17) is 0 Å². The minimum absolute atomic E-state index is 0.0660. The van der Waals surface area contributed by atoms with Gasteiger partial charge in [-0.1, -0.05) is 18.2 Å². The Morgan fingerprint density at radius 1 is 1.09 bits per heavy atom. The van der Waals surface area contributed by atoms with Crippen LogP contribution >= 0.6 is 11.3 Å². The van der Waals surface area contributed by atoms with Crippen molar-refractivity contribution in [3.8, 4) is 11.3 Å². The number of anilines is 2. The lowest BCUT2D eigenvalue weighted by atomic mass is 10.1. The summed E-state index contributed by atoms with van der Waals surface area (Å²) in [5.74, 6) is -0.133. The lowest BCUT2D eigenvalue weighted by Crippen LogP contribution is -2.32. The van der Waals surface area contributed by atoms with E-state index in [1.807, 2.05) is 65.5 Å². The van der Waals surface area contributed by atoms with Gasteiger partial charge in [0.2, 0.25) is 5.91 Å². The maximum Gasteiger partial charge on any atom is 0.258 e. The van der Waals surface area contributed by atoms with Crippen molar-refractivity contribution in [2.24, 2.45) is 7.05 Å². The van der Waals surface area contributed by atoms with E-state index < -0.39 is 0 Å². The third-order valence-electron chi connectivity index (χ3n) is 5.94. The van der Waals surface area contributed by atoms with Gasteiger partial charge in [0.1, 0.15) is 0 Å². The number of carbonyl (C=O) groups excluding carboxylic acids is 2. The zero-order valence-corrected chi connectivity index (χ0v) is 19.4. The first-order valence-electron chi connectivity index (χ1n) is 10.9. The number of thiophene rings is 1. The molecule has 0 saturated heterocycles. The summed E-state index contributed by atoms with van der Waals surface area (Å²) in [5, 5.41) is 9.55. The molecule has 4 aromatic rings. The van der Waals surface area contributed by atoms with Gasteiger partial charge in [-0.15, -0.1) is 11.3 Å². The third kappa shape index (κ3) is 4.19. The minimum Gasteiger partial charge on any atom is -0.326 e. The monoisotopic (exact) mass is 456 g/mol. The van der Waals surface area contributed by atoms with Gasteiger partial charge in [0.05, 0.1) is 17.8 Å². The average Bonchev–Trinajstić information content (AvgIpc) is 3.35. The van der Waals surface area contributed by atoms with Crippen molar-refractivity contribution in [1.82, 2.24) is 9.78 Å². The predicted molar refractivity (Wildman–Crippen MR) is 132 cm³/mol. The van der Waals surface area contributed by atoms with Gasteiger partial charge in [0, 0.05) is 41.5 Å². The maximum absolute atomic E-state index is 13.5. The van der Waals surface area contributed by atoms with Crippen LogP contribution in [0.4, 0.5) is 11.4 Å². The molecule has 2 amide bonds. The van der Waals surface area contributed by atoms with Gasteiger partial charge in [-0.2, -0.15) is 5.10 Å². The van der Waals surface area contributed by atoms with Crippen LogP contribution in [0.3, 0.4) is 0 Å². The molecule has 0 radical (unpaired) electrons. The molecule has 3 heterocycles. The fourth-order valence-corrected chi connectivity index (χ4v) is 4.97. The molecule has 5 rings (SSSR count). The Morgan fingerprint density at radius 2 is 1.88 bits per heavy atom. The lowest BCUT2D eigenvalue weighted by Gasteiger charge is -2.23. The second kappa shape index (κ2) is 8.67. The average molecular weight is 457 g/mol. The molecule has 0 aliphatic carbocycles. The molecule has 0 spiro atoms. The number of amides is 2. The molecule has 0 unspecified atom stereocenters. The van der Waals surface area contributed by atoms with Crippen LogP contribution in [0.15, 0.2) is 66.2 Å². The van der Waals surface area contributed by atoms with Gasteiger partial charge in [0.25, 0.3) is 5.91 Å². The second-order valence-corrected chi connectivity index (χ2v) is 9.33. The van der Waals surface area contributed by atoms with Crippen molar-refractivity contribution in [2.45, 2.75) is 19.8 Å². The molecule has 2 aromatic heterocycles. The molecule has 7 heteroatoms. The molecule has 0 atom stereocenters. The van der Waals surface area contributed by atoms with Gasteiger partial charge in [0.15, 0.2) is 0 Å². The van der Waals surface area contributed by atoms with Crippen LogP contribution in [0, 0.1) is 6.92 Å². The van der Waals surface area contributed by atoms with E-state index in [9.17, 15) is 9.59 Å². The quantitative estimate of drug-likeness (QED) is 0.478. The van der Waals surface area contributed by atoms with Gasteiger partial charge in [-0.05, 0) is 66.2 Å². The summed E-state index contributed by atoms with van der Waals surface area (Å²) in [7, 11) is 1.92. The summed E-state index contributed by atoms with van der Waals surface area (Å²) in [4.78, 5) is 28.8. The number of benzene rings is 2. The zero-order chi connectivity index (χ0) is 22.9. The molecule has 1 N–H and O–H groups in total. The van der Waals surface area contributed by atoms with Crippen LogP contribution in [0.25, 0.3) is 11.3 Å². The number of hydrogen-bond acceptors (Lipinski definition) is 4.